The van der Waals surface area contributed by atoms with E-state index in [2.05, 4.69) is 26.4 Å². The minimum atomic E-state index is -0.679. The molecule has 1 aliphatic heterocycles. The SMILES string of the molecule is [C-]#[N+]C[C@H]1CN(c2ncnc3c(F)c(-c4cccc5ccc(F)c(Cl)c45)ncc23)CCN1C(=O)C=C. The van der Waals surface area contributed by atoms with E-state index in [1.54, 1.807) is 29.2 Å². The predicted molar refractivity (Wildman–Crippen MR) is 135 cm³/mol. The highest BCUT2D eigenvalue weighted by molar-refractivity contribution is 6.36. The molecule has 0 unspecified atom stereocenters. The van der Waals surface area contributed by atoms with Crippen molar-refractivity contribution in [3.8, 4) is 11.3 Å². The number of halogens is 3. The number of amides is 1. The van der Waals surface area contributed by atoms with Crippen molar-refractivity contribution in [2.75, 3.05) is 31.1 Å². The molecule has 36 heavy (non-hydrogen) atoms. The van der Waals surface area contributed by atoms with Gasteiger partial charge in [0.2, 0.25) is 12.5 Å². The van der Waals surface area contributed by atoms with Crippen LogP contribution in [0.25, 0.3) is 37.8 Å². The Hall–Kier alpha value is -4.16. The standard InChI is InChI=1S/C26H19ClF2N6O/c1-3-20(36)35-10-9-34(13-16(35)11-30-2)26-18-12-31-24(23(29)25(18)32-14-33-26)17-6-4-5-15-7-8-19(28)22(27)21(15)17/h3-8,12,14,16H,1,9-11,13H2/t16-/m0/s1. The van der Waals surface area contributed by atoms with Gasteiger partial charge in [0, 0.05) is 36.8 Å². The van der Waals surface area contributed by atoms with Crippen molar-refractivity contribution in [3.05, 3.63) is 83.6 Å². The number of benzene rings is 2. The zero-order valence-corrected chi connectivity index (χ0v) is 19.7. The van der Waals surface area contributed by atoms with E-state index < -0.39 is 11.6 Å². The van der Waals surface area contributed by atoms with E-state index in [0.29, 0.717) is 47.2 Å². The highest BCUT2D eigenvalue weighted by Crippen LogP contribution is 2.37. The van der Waals surface area contributed by atoms with Gasteiger partial charge in [0.05, 0.1) is 10.4 Å². The van der Waals surface area contributed by atoms with Gasteiger partial charge < -0.3 is 14.6 Å². The molecule has 7 nitrogen and oxygen atoms in total. The number of carbonyl (C=O) groups excluding carboxylic acids is 1. The van der Waals surface area contributed by atoms with E-state index in [-0.39, 0.29) is 34.7 Å². The molecule has 1 amide bonds. The first-order valence-electron chi connectivity index (χ1n) is 11.1. The minimum absolute atomic E-state index is 0.00229. The molecule has 1 fully saturated rings. The molecule has 4 aromatic rings. The third kappa shape index (κ3) is 3.89. The summed E-state index contributed by atoms with van der Waals surface area (Å²) in [5, 5.41) is 1.30. The Kier molecular flexibility index (Phi) is 6.20. The number of hydrogen-bond donors (Lipinski definition) is 0. The van der Waals surface area contributed by atoms with Gasteiger partial charge >= 0.3 is 0 Å². The molecule has 2 aromatic heterocycles. The van der Waals surface area contributed by atoms with Crippen molar-refractivity contribution in [1.82, 2.24) is 19.9 Å². The normalized spacial score (nSPS) is 15.8. The number of nitrogens with zero attached hydrogens (tertiary/aromatic N) is 6. The molecule has 3 heterocycles. The second-order valence-corrected chi connectivity index (χ2v) is 8.70. The zero-order valence-electron chi connectivity index (χ0n) is 19.0. The van der Waals surface area contributed by atoms with Crippen LogP contribution in [-0.2, 0) is 4.79 Å². The lowest BCUT2D eigenvalue weighted by Crippen LogP contribution is -2.56. The summed E-state index contributed by atoms with van der Waals surface area (Å²) in [5.74, 6) is -1.06. The molecule has 0 radical (unpaired) electrons. The Morgan fingerprint density at radius 1 is 1.22 bits per heavy atom. The van der Waals surface area contributed by atoms with Gasteiger partial charge in [0.15, 0.2) is 5.82 Å². The van der Waals surface area contributed by atoms with Crippen LogP contribution in [0.15, 0.2) is 55.5 Å². The maximum absolute atomic E-state index is 15.9. The van der Waals surface area contributed by atoms with Crippen LogP contribution >= 0.6 is 11.6 Å². The van der Waals surface area contributed by atoms with Crippen molar-refractivity contribution < 1.29 is 13.6 Å². The van der Waals surface area contributed by atoms with Crippen molar-refractivity contribution in [2.45, 2.75) is 6.04 Å². The summed E-state index contributed by atoms with van der Waals surface area (Å²) in [6, 6.07) is 7.61. The van der Waals surface area contributed by atoms with Gasteiger partial charge in [-0.25, -0.2) is 25.3 Å². The van der Waals surface area contributed by atoms with Gasteiger partial charge in [-0.3, -0.25) is 9.78 Å². The molecule has 0 spiro atoms. The maximum atomic E-state index is 15.9. The molecule has 180 valence electrons. The van der Waals surface area contributed by atoms with E-state index in [9.17, 15) is 9.18 Å². The summed E-state index contributed by atoms with van der Waals surface area (Å²) in [6.07, 6.45) is 3.99. The van der Waals surface area contributed by atoms with Gasteiger partial charge in [-0.15, -0.1) is 0 Å². The minimum Gasteiger partial charge on any atom is -0.352 e. The third-order valence-electron chi connectivity index (χ3n) is 6.33. The summed E-state index contributed by atoms with van der Waals surface area (Å²) in [7, 11) is 0. The predicted octanol–water partition coefficient (Wildman–Crippen LogP) is 4.90. The van der Waals surface area contributed by atoms with E-state index in [0.717, 1.165) is 0 Å². The zero-order chi connectivity index (χ0) is 25.4. The fourth-order valence-corrected chi connectivity index (χ4v) is 4.92. The summed E-state index contributed by atoms with van der Waals surface area (Å²) in [6.45, 7) is 12.1. The quantitative estimate of drug-likeness (QED) is 0.292. The molecular weight excluding hydrogens is 486 g/mol. The Morgan fingerprint density at radius 3 is 2.83 bits per heavy atom. The Morgan fingerprint density at radius 2 is 2.06 bits per heavy atom. The Balaban J connectivity index is 1.59. The topological polar surface area (TPSA) is 66.6 Å². The molecule has 1 saturated heterocycles. The number of aromatic nitrogens is 3. The molecule has 0 saturated carbocycles. The van der Waals surface area contributed by atoms with Crippen LogP contribution < -0.4 is 4.90 Å². The second kappa shape index (κ2) is 9.47. The fraction of sp³-hybridized carbons (Fsp3) is 0.192. The van der Waals surface area contributed by atoms with Gasteiger partial charge in [0.25, 0.3) is 0 Å². The molecule has 1 aliphatic rings. The average molecular weight is 505 g/mol. The lowest BCUT2D eigenvalue weighted by molar-refractivity contribution is -0.128. The van der Waals surface area contributed by atoms with E-state index in [1.807, 2.05) is 4.90 Å². The molecule has 0 N–H and O–H groups in total. The van der Waals surface area contributed by atoms with E-state index in [4.69, 9.17) is 18.2 Å². The van der Waals surface area contributed by atoms with Gasteiger partial charge in [-0.05, 0) is 17.5 Å². The smallest absolute Gasteiger partial charge is 0.246 e. The lowest BCUT2D eigenvalue weighted by atomic mass is 10.0. The first-order valence-corrected chi connectivity index (χ1v) is 11.5. The fourth-order valence-electron chi connectivity index (χ4n) is 4.64. The Bertz CT molecular complexity index is 1570. The molecule has 10 heteroatoms. The number of rotatable bonds is 4. The van der Waals surface area contributed by atoms with Gasteiger partial charge in [-0.1, -0.05) is 42.4 Å². The number of fused-ring (bicyclic) bond motifs is 2. The van der Waals surface area contributed by atoms with Crippen molar-refractivity contribution >= 4 is 45.0 Å². The number of pyridine rings is 1. The van der Waals surface area contributed by atoms with Crippen molar-refractivity contribution in [3.63, 3.8) is 0 Å². The van der Waals surface area contributed by atoms with Crippen LogP contribution in [0.2, 0.25) is 5.02 Å². The number of piperazine rings is 1. The molecule has 5 rings (SSSR count). The molecular formula is C26H19ClF2N6O. The molecule has 0 bridgehead atoms. The van der Waals surface area contributed by atoms with Crippen molar-refractivity contribution in [1.29, 1.82) is 0 Å². The number of carbonyl (C=O) groups is 1. The molecule has 2 aromatic carbocycles. The van der Waals surface area contributed by atoms with Crippen LogP contribution in [0.3, 0.4) is 0 Å². The molecule has 1 atom stereocenters. The van der Waals surface area contributed by atoms with Crippen LogP contribution in [0.1, 0.15) is 0 Å². The average Bonchev–Trinajstić information content (AvgIpc) is 2.90. The summed E-state index contributed by atoms with van der Waals surface area (Å²) in [4.78, 5) is 32.1. The first kappa shape index (κ1) is 23.6. The van der Waals surface area contributed by atoms with E-state index >= 15 is 4.39 Å². The maximum Gasteiger partial charge on any atom is 0.246 e. The first-order chi connectivity index (χ1) is 17.4. The monoisotopic (exact) mass is 504 g/mol. The number of hydrogen-bond acceptors (Lipinski definition) is 5. The molecule has 0 aliphatic carbocycles. The summed E-state index contributed by atoms with van der Waals surface area (Å²) < 4.78 is 30.1. The van der Waals surface area contributed by atoms with E-state index in [1.165, 1.54) is 24.7 Å². The van der Waals surface area contributed by atoms with Gasteiger partial charge in [-0.2, -0.15) is 0 Å². The number of anilines is 1. The van der Waals surface area contributed by atoms with Crippen LogP contribution in [0, 0.1) is 18.2 Å². The lowest BCUT2D eigenvalue weighted by Gasteiger charge is -2.39. The Labute approximate surface area is 210 Å². The van der Waals surface area contributed by atoms with Crippen molar-refractivity contribution in [2.24, 2.45) is 0 Å². The summed E-state index contributed by atoms with van der Waals surface area (Å²) >= 11 is 6.25. The highest BCUT2D eigenvalue weighted by Gasteiger charge is 2.33. The van der Waals surface area contributed by atoms with Crippen LogP contribution in [0.4, 0.5) is 14.6 Å². The highest BCUT2D eigenvalue weighted by atomic mass is 35.5. The largest absolute Gasteiger partial charge is 0.352 e. The van der Waals surface area contributed by atoms with Crippen LogP contribution in [0.5, 0.6) is 0 Å². The third-order valence-corrected chi connectivity index (χ3v) is 6.70. The summed E-state index contributed by atoms with van der Waals surface area (Å²) in [5.41, 5.74) is 0.406. The van der Waals surface area contributed by atoms with Crippen LogP contribution in [-0.4, -0.2) is 58.0 Å². The second-order valence-electron chi connectivity index (χ2n) is 8.32. The van der Waals surface area contributed by atoms with Gasteiger partial charge in [0.1, 0.15) is 35.2 Å².